The molecule has 0 spiro atoms. The monoisotopic (exact) mass is 435 g/mol. The van der Waals surface area contributed by atoms with Crippen molar-refractivity contribution in [2.24, 2.45) is 0 Å². The van der Waals surface area contributed by atoms with E-state index in [1.165, 1.54) is 23.2 Å². The summed E-state index contributed by atoms with van der Waals surface area (Å²) in [6.45, 7) is 1.47. The van der Waals surface area contributed by atoms with E-state index in [1.54, 1.807) is 19.2 Å². The molecule has 3 amide bonds. The third kappa shape index (κ3) is 4.15. The third-order valence-electron chi connectivity index (χ3n) is 5.09. The Kier molecular flexibility index (Phi) is 5.73. The molecule has 2 N–H and O–H groups in total. The van der Waals surface area contributed by atoms with E-state index in [0.717, 1.165) is 16.8 Å². The summed E-state index contributed by atoms with van der Waals surface area (Å²) >= 11 is 1.34. The number of rotatable bonds is 4. The summed E-state index contributed by atoms with van der Waals surface area (Å²) in [5.41, 5.74) is 3.22. The molecule has 1 aliphatic rings. The number of benzene rings is 2. The molecule has 4 rings (SSSR count). The summed E-state index contributed by atoms with van der Waals surface area (Å²) < 4.78 is 5.19. The zero-order valence-corrected chi connectivity index (χ0v) is 17.8. The zero-order chi connectivity index (χ0) is 22.0. The van der Waals surface area contributed by atoms with Gasteiger partial charge >= 0.3 is 6.09 Å². The highest BCUT2D eigenvalue weighted by atomic mass is 32.1. The lowest BCUT2D eigenvalue weighted by Gasteiger charge is -2.24. The molecule has 31 heavy (non-hydrogen) atoms. The Labute approximate surface area is 183 Å². The first-order valence-electron chi connectivity index (χ1n) is 9.73. The SMILES string of the molecule is C[C@H](OC(=O)Nc1cccs1)C(=O)NC1C(=O)N(C)c2ccccc2-c2ccccc21. The number of carbonyl (C=O) groups is 3. The smallest absolute Gasteiger partial charge is 0.413 e. The van der Waals surface area contributed by atoms with Gasteiger partial charge in [-0.3, -0.25) is 14.9 Å². The van der Waals surface area contributed by atoms with Crippen LogP contribution in [0.1, 0.15) is 18.5 Å². The van der Waals surface area contributed by atoms with Gasteiger partial charge in [0.25, 0.3) is 11.8 Å². The first-order valence-corrected chi connectivity index (χ1v) is 10.6. The fourth-order valence-electron chi connectivity index (χ4n) is 3.53. The lowest BCUT2D eigenvalue weighted by molar-refractivity contribution is -0.132. The Bertz CT molecular complexity index is 1130. The maximum absolute atomic E-state index is 13.3. The summed E-state index contributed by atoms with van der Waals surface area (Å²) in [6, 6.07) is 17.7. The van der Waals surface area contributed by atoms with E-state index in [-0.39, 0.29) is 5.91 Å². The number of amides is 3. The number of carbonyl (C=O) groups excluding carboxylic acids is 3. The standard InChI is InChI=1S/C23H21N3O4S/c1-14(30-23(29)24-19-12-7-13-31-19)21(27)25-20-17-10-4-3-8-15(17)16-9-5-6-11-18(16)26(2)22(20)28/h3-14,20H,1-2H3,(H,24,29)(H,25,27)/t14-,20?/m0/s1. The van der Waals surface area contributed by atoms with Crippen molar-refractivity contribution >= 4 is 39.9 Å². The van der Waals surface area contributed by atoms with Crippen LogP contribution in [0.4, 0.5) is 15.5 Å². The van der Waals surface area contributed by atoms with Crippen LogP contribution in [0.2, 0.25) is 0 Å². The normalized spacial score (nSPS) is 15.9. The van der Waals surface area contributed by atoms with E-state index in [4.69, 9.17) is 4.74 Å². The number of para-hydroxylation sites is 1. The molecule has 8 heteroatoms. The van der Waals surface area contributed by atoms with Gasteiger partial charge in [0.1, 0.15) is 6.04 Å². The quantitative estimate of drug-likeness (QED) is 0.643. The molecule has 7 nitrogen and oxygen atoms in total. The van der Waals surface area contributed by atoms with E-state index < -0.39 is 24.1 Å². The van der Waals surface area contributed by atoms with Gasteiger partial charge in [-0.15, -0.1) is 11.3 Å². The van der Waals surface area contributed by atoms with E-state index >= 15 is 0 Å². The summed E-state index contributed by atoms with van der Waals surface area (Å²) in [6.07, 6.45) is -1.82. The van der Waals surface area contributed by atoms with Gasteiger partial charge in [0.2, 0.25) is 0 Å². The molecule has 158 valence electrons. The Morgan fingerprint density at radius 3 is 2.48 bits per heavy atom. The Balaban J connectivity index is 1.55. The number of thiophene rings is 1. The van der Waals surface area contributed by atoms with Crippen molar-refractivity contribution in [2.45, 2.75) is 19.1 Å². The number of fused-ring (bicyclic) bond motifs is 3. The van der Waals surface area contributed by atoms with Crippen LogP contribution in [0.25, 0.3) is 11.1 Å². The molecule has 0 aliphatic carbocycles. The molecule has 0 fully saturated rings. The second-order valence-corrected chi connectivity index (χ2v) is 8.04. The van der Waals surface area contributed by atoms with E-state index in [0.29, 0.717) is 10.6 Å². The summed E-state index contributed by atoms with van der Waals surface area (Å²) in [4.78, 5) is 39.7. The summed E-state index contributed by atoms with van der Waals surface area (Å²) in [5.74, 6) is -0.838. The van der Waals surface area contributed by atoms with Crippen molar-refractivity contribution in [3.63, 3.8) is 0 Å². The van der Waals surface area contributed by atoms with Crippen molar-refractivity contribution < 1.29 is 19.1 Å². The maximum atomic E-state index is 13.3. The second kappa shape index (κ2) is 8.61. The van der Waals surface area contributed by atoms with Gasteiger partial charge in [0, 0.05) is 12.6 Å². The van der Waals surface area contributed by atoms with Crippen LogP contribution in [0.3, 0.4) is 0 Å². The molecule has 0 saturated carbocycles. The zero-order valence-electron chi connectivity index (χ0n) is 17.0. The lowest BCUT2D eigenvalue weighted by Crippen LogP contribution is -2.45. The maximum Gasteiger partial charge on any atom is 0.413 e. The van der Waals surface area contributed by atoms with Crippen LogP contribution in [-0.4, -0.2) is 31.1 Å². The highest BCUT2D eigenvalue weighted by Gasteiger charge is 2.34. The average molecular weight is 436 g/mol. The Morgan fingerprint density at radius 2 is 1.74 bits per heavy atom. The number of anilines is 2. The second-order valence-electron chi connectivity index (χ2n) is 7.09. The van der Waals surface area contributed by atoms with Crippen molar-refractivity contribution in [2.75, 3.05) is 17.3 Å². The van der Waals surface area contributed by atoms with Crippen molar-refractivity contribution in [1.29, 1.82) is 0 Å². The molecule has 0 saturated heterocycles. The van der Waals surface area contributed by atoms with Crippen LogP contribution in [0.5, 0.6) is 0 Å². The van der Waals surface area contributed by atoms with Gasteiger partial charge in [-0.2, -0.15) is 0 Å². The van der Waals surface area contributed by atoms with Crippen molar-refractivity contribution in [1.82, 2.24) is 5.32 Å². The van der Waals surface area contributed by atoms with Gasteiger partial charge in [0.05, 0.1) is 10.7 Å². The van der Waals surface area contributed by atoms with Gasteiger partial charge in [-0.05, 0) is 41.6 Å². The number of ether oxygens (including phenoxy) is 1. The van der Waals surface area contributed by atoms with Crippen LogP contribution >= 0.6 is 11.3 Å². The fourth-order valence-corrected chi connectivity index (χ4v) is 4.13. The molecule has 1 unspecified atom stereocenters. The predicted molar refractivity (Wildman–Crippen MR) is 120 cm³/mol. The van der Waals surface area contributed by atoms with Gasteiger partial charge in [0.15, 0.2) is 6.10 Å². The van der Waals surface area contributed by atoms with Crippen LogP contribution in [0, 0.1) is 0 Å². The fraction of sp³-hybridized carbons (Fsp3) is 0.174. The first kappa shape index (κ1) is 20.6. The lowest BCUT2D eigenvalue weighted by atomic mass is 9.95. The Hall–Kier alpha value is -3.65. The predicted octanol–water partition coefficient (Wildman–Crippen LogP) is 4.19. The van der Waals surface area contributed by atoms with E-state index in [2.05, 4.69) is 10.6 Å². The molecule has 3 aromatic rings. The summed E-state index contributed by atoms with van der Waals surface area (Å²) in [5, 5.41) is 7.76. The topological polar surface area (TPSA) is 87.7 Å². The number of nitrogens with one attached hydrogen (secondary N) is 2. The highest BCUT2D eigenvalue weighted by molar-refractivity contribution is 7.14. The number of hydrogen-bond acceptors (Lipinski definition) is 5. The van der Waals surface area contributed by atoms with Crippen molar-refractivity contribution in [3.05, 3.63) is 71.6 Å². The molecule has 1 aliphatic heterocycles. The minimum absolute atomic E-state index is 0.277. The molecule has 2 atom stereocenters. The number of likely N-dealkylation sites (N-methyl/N-ethyl adjacent to an activating group) is 1. The molecule has 2 heterocycles. The first-order chi connectivity index (χ1) is 15.0. The molecule has 2 aromatic carbocycles. The van der Waals surface area contributed by atoms with Crippen LogP contribution < -0.4 is 15.5 Å². The van der Waals surface area contributed by atoms with Gasteiger partial charge in [-0.1, -0.05) is 42.5 Å². The van der Waals surface area contributed by atoms with Gasteiger partial charge < -0.3 is 15.0 Å². The van der Waals surface area contributed by atoms with Crippen LogP contribution in [-0.2, 0) is 14.3 Å². The molecular formula is C23H21N3O4S. The molecular weight excluding hydrogens is 414 g/mol. The molecule has 0 bridgehead atoms. The number of nitrogens with zero attached hydrogens (tertiary/aromatic N) is 1. The van der Waals surface area contributed by atoms with E-state index in [1.807, 2.05) is 53.9 Å². The third-order valence-corrected chi connectivity index (χ3v) is 5.88. The van der Waals surface area contributed by atoms with E-state index in [9.17, 15) is 14.4 Å². The largest absolute Gasteiger partial charge is 0.436 e. The number of hydrogen-bond donors (Lipinski definition) is 2. The van der Waals surface area contributed by atoms with Gasteiger partial charge in [-0.25, -0.2) is 4.79 Å². The molecule has 1 aromatic heterocycles. The minimum atomic E-state index is -1.09. The Morgan fingerprint density at radius 1 is 1.03 bits per heavy atom. The van der Waals surface area contributed by atoms with Crippen molar-refractivity contribution in [3.8, 4) is 11.1 Å². The average Bonchev–Trinajstić information content (AvgIpc) is 3.26. The minimum Gasteiger partial charge on any atom is -0.436 e. The molecule has 0 radical (unpaired) electrons. The highest BCUT2D eigenvalue weighted by Crippen LogP contribution is 2.39. The van der Waals surface area contributed by atoms with Crippen LogP contribution in [0.15, 0.2) is 66.0 Å². The summed E-state index contributed by atoms with van der Waals surface area (Å²) in [7, 11) is 1.68.